The van der Waals surface area contributed by atoms with Crippen LogP contribution in [0.5, 0.6) is 0 Å². The topological polar surface area (TPSA) is 56.2 Å². The number of fused-ring (bicyclic) bond motifs is 1. The number of rotatable bonds is 3. The molecular formula is C18H18N4O. The molecular weight excluding hydrogens is 288 g/mol. The number of aryl methyl sites for hydroxylation is 1. The van der Waals surface area contributed by atoms with Gasteiger partial charge in [-0.3, -0.25) is 4.99 Å². The van der Waals surface area contributed by atoms with Crippen LogP contribution in [-0.2, 0) is 13.0 Å². The Morgan fingerprint density at radius 3 is 2.78 bits per heavy atom. The molecule has 0 radical (unpaired) electrons. The molecule has 1 aliphatic rings. The summed E-state index contributed by atoms with van der Waals surface area (Å²) in [5, 5.41) is 8.74. The highest BCUT2D eigenvalue weighted by atomic mass is 16.3. The molecule has 5 nitrogen and oxygen atoms in total. The third kappa shape index (κ3) is 2.95. The average molecular weight is 306 g/mol. The number of aliphatic imine (C=N–C) groups is 1. The maximum absolute atomic E-state index is 5.24. The van der Waals surface area contributed by atoms with Gasteiger partial charge in [-0.2, -0.15) is 0 Å². The molecule has 0 unspecified atom stereocenters. The summed E-state index contributed by atoms with van der Waals surface area (Å²) in [6.45, 7) is 1.01. The summed E-state index contributed by atoms with van der Waals surface area (Å²) in [5.74, 6) is 2.82. The Kier molecular flexibility index (Phi) is 3.76. The van der Waals surface area contributed by atoms with Crippen molar-refractivity contribution in [3.8, 4) is 11.4 Å². The van der Waals surface area contributed by atoms with Crippen LogP contribution >= 0.6 is 0 Å². The third-order valence-corrected chi connectivity index (χ3v) is 4.12. The number of aromatic nitrogens is 3. The van der Waals surface area contributed by atoms with E-state index < -0.39 is 0 Å². The summed E-state index contributed by atoms with van der Waals surface area (Å²) >= 11 is 0. The first-order valence-corrected chi connectivity index (χ1v) is 8.00. The Hall–Kier alpha value is -2.69. The van der Waals surface area contributed by atoms with E-state index in [4.69, 9.17) is 4.42 Å². The molecule has 2 aromatic heterocycles. The molecule has 0 N–H and O–H groups in total. The van der Waals surface area contributed by atoms with E-state index in [0.717, 1.165) is 41.6 Å². The van der Waals surface area contributed by atoms with E-state index in [0.29, 0.717) is 0 Å². The second kappa shape index (κ2) is 6.20. The summed E-state index contributed by atoms with van der Waals surface area (Å²) in [7, 11) is 0. The van der Waals surface area contributed by atoms with Crippen LogP contribution in [0.25, 0.3) is 11.4 Å². The summed E-state index contributed by atoms with van der Waals surface area (Å²) in [4.78, 5) is 4.41. The van der Waals surface area contributed by atoms with E-state index in [1.54, 1.807) is 12.5 Å². The molecule has 0 saturated heterocycles. The number of benzene rings is 1. The predicted octanol–water partition coefficient (Wildman–Crippen LogP) is 4.02. The molecule has 0 atom stereocenters. The highest BCUT2D eigenvalue weighted by Crippen LogP contribution is 2.24. The Bertz CT molecular complexity index is 800. The molecule has 0 fully saturated rings. The first kappa shape index (κ1) is 13.9. The quantitative estimate of drug-likeness (QED) is 0.687. The van der Waals surface area contributed by atoms with Crippen molar-refractivity contribution in [2.75, 3.05) is 0 Å². The van der Waals surface area contributed by atoms with Crippen LogP contribution in [0.2, 0.25) is 0 Å². The van der Waals surface area contributed by atoms with Crippen LogP contribution in [0.3, 0.4) is 0 Å². The van der Waals surface area contributed by atoms with Crippen LogP contribution in [-0.4, -0.2) is 21.0 Å². The van der Waals surface area contributed by atoms with E-state index in [2.05, 4.69) is 31.9 Å². The van der Waals surface area contributed by atoms with Crippen molar-refractivity contribution in [3.63, 3.8) is 0 Å². The van der Waals surface area contributed by atoms with Crippen molar-refractivity contribution >= 4 is 11.9 Å². The summed E-state index contributed by atoms with van der Waals surface area (Å²) in [6, 6.07) is 11.8. The van der Waals surface area contributed by atoms with Crippen molar-refractivity contribution in [3.05, 3.63) is 54.2 Å². The molecule has 0 bridgehead atoms. The number of furan rings is 1. The van der Waals surface area contributed by atoms with Gasteiger partial charge in [-0.05, 0) is 49.2 Å². The zero-order valence-corrected chi connectivity index (χ0v) is 12.9. The monoisotopic (exact) mass is 306 g/mol. The Balaban J connectivity index is 1.58. The largest absolute Gasteiger partial charge is 0.463 e. The van der Waals surface area contributed by atoms with Gasteiger partial charge in [0.15, 0.2) is 5.82 Å². The standard InChI is InChI=1S/C18H18N4O/c1-2-6-17-20-21-18(22(17)11-3-1)14-7-9-15(10-8-14)19-13-16-5-4-12-23-16/h4-5,7-10,12-13H,1-3,6,11H2. The average Bonchev–Trinajstić information content (AvgIpc) is 3.19. The van der Waals surface area contributed by atoms with E-state index >= 15 is 0 Å². The van der Waals surface area contributed by atoms with Crippen LogP contribution in [0.15, 0.2) is 52.1 Å². The van der Waals surface area contributed by atoms with Gasteiger partial charge >= 0.3 is 0 Å². The lowest BCUT2D eigenvalue weighted by atomic mass is 10.2. The highest BCUT2D eigenvalue weighted by molar-refractivity contribution is 5.78. The second-order valence-electron chi connectivity index (χ2n) is 5.72. The zero-order chi connectivity index (χ0) is 15.5. The van der Waals surface area contributed by atoms with Crippen LogP contribution in [0, 0.1) is 0 Å². The Morgan fingerprint density at radius 1 is 1.04 bits per heavy atom. The van der Waals surface area contributed by atoms with Gasteiger partial charge in [-0.15, -0.1) is 10.2 Å². The molecule has 23 heavy (non-hydrogen) atoms. The van der Waals surface area contributed by atoms with Gasteiger partial charge in [0.1, 0.15) is 11.6 Å². The van der Waals surface area contributed by atoms with E-state index in [1.165, 1.54) is 19.3 Å². The van der Waals surface area contributed by atoms with Crippen molar-refractivity contribution in [2.24, 2.45) is 4.99 Å². The summed E-state index contributed by atoms with van der Waals surface area (Å²) in [6.07, 6.45) is 8.06. The minimum atomic E-state index is 0.747. The van der Waals surface area contributed by atoms with Crippen LogP contribution < -0.4 is 0 Å². The second-order valence-corrected chi connectivity index (χ2v) is 5.72. The minimum absolute atomic E-state index is 0.747. The molecule has 4 rings (SSSR count). The minimum Gasteiger partial charge on any atom is -0.463 e. The predicted molar refractivity (Wildman–Crippen MR) is 89.0 cm³/mol. The summed E-state index contributed by atoms with van der Waals surface area (Å²) < 4.78 is 7.50. The van der Waals surface area contributed by atoms with Gasteiger partial charge in [0.05, 0.1) is 18.2 Å². The lowest BCUT2D eigenvalue weighted by molar-refractivity contribution is 0.560. The zero-order valence-electron chi connectivity index (χ0n) is 12.9. The first-order valence-electron chi connectivity index (χ1n) is 8.00. The molecule has 0 amide bonds. The van der Waals surface area contributed by atoms with Gasteiger partial charge < -0.3 is 8.98 Å². The van der Waals surface area contributed by atoms with E-state index in [-0.39, 0.29) is 0 Å². The summed E-state index contributed by atoms with van der Waals surface area (Å²) in [5.41, 5.74) is 1.98. The van der Waals surface area contributed by atoms with Crippen molar-refractivity contribution in [1.29, 1.82) is 0 Å². The van der Waals surface area contributed by atoms with Crippen LogP contribution in [0.1, 0.15) is 30.8 Å². The van der Waals surface area contributed by atoms with Gasteiger partial charge in [-0.1, -0.05) is 6.42 Å². The van der Waals surface area contributed by atoms with Crippen molar-refractivity contribution in [2.45, 2.75) is 32.2 Å². The molecule has 5 heteroatoms. The maximum Gasteiger partial charge on any atom is 0.163 e. The van der Waals surface area contributed by atoms with Gasteiger partial charge in [0, 0.05) is 18.5 Å². The van der Waals surface area contributed by atoms with E-state index in [1.807, 2.05) is 24.3 Å². The van der Waals surface area contributed by atoms with Gasteiger partial charge in [-0.25, -0.2) is 0 Å². The SMILES string of the molecule is C(=Nc1ccc(-c2nnc3n2CCCCC3)cc1)c1ccco1. The van der Waals surface area contributed by atoms with E-state index in [9.17, 15) is 0 Å². The van der Waals surface area contributed by atoms with Gasteiger partial charge in [0.2, 0.25) is 0 Å². The first-order chi connectivity index (χ1) is 11.4. The molecule has 1 aliphatic heterocycles. The molecule has 0 spiro atoms. The fraction of sp³-hybridized carbons (Fsp3) is 0.278. The fourth-order valence-corrected chi connectivity index (χ4v) is 2.90. The van der Waals surface area contributed by atoms with Crippen LogP contribution in [0.4, 0.5) is 5.69 Å². The van der Waals surface area contributed by atoms with Gasteiger partial charge in [0.25, 0.3) is 0 Å². The molecule has 0 saturated carbocycles. The third-order valence-electron chi connectivity index (χ3n) is 4.12. The smallest absolute Gasteiger partial charge is 0.163 e. The lowest BCUT2D eigenvalue weighted by Gasteiger charge is -2.06. The number of hydrogen-bond donors (Lipinski definition) is 0. The van der Waals surface area contributed by atoms with Crippen molar-refractivity contribution < 1.29 is 4.42 Å². The molecule has 0 aliphatic carbocycles. The fourth-order valence-electron chi connectivity index (χ4n) is 2.90. The normalized spacial score (nSPS) is 14.8. The molecule has 3 heterocycles. The maximum atomic E-state index is 5.24. The molecule has 1 aromatic carbocycles. The molecule has 116 valence electrons. The molecule has 3 aromatic rings. The number of hydrogen-bond acceptors (Lipinski definition) is 4. The Morgan fingerprint density at radius 2 is 1.96 bits per heavy atom. The highest BCUT2D eigenvalue weighted by Gasteiger charge is 2.15. The van der Waals surface area contributed by atoms with Crippen molar-refractivity contribution in [1.82, 2.24) is 14.8 Å². The lowest BCUT2D eigenvalue weighted by Crippen LogP contribution is -2.02. The number of nitrogens with zero attached hydrogens (tertiary/aromatic N) is 4. The Labute approximate surface area is 134 Å².